The monoisotopic (exact) mass is 152 g/mol. The number of aliphatic hydroxyl groups is 1. The van der Waals surface area contributed by atoms with E-state index < -0.39 is 0 Å². The van der Waals surface area contributed by atoms with Crippen LogP contribution >= 0.6 is 0 Å². The number of rotatable bonds is 0. The average molecular weight is 152 g/mol. The molecule has 1 aliphatic heterocycles. The zero-order chi connectivity index (χ0) is 5.28. The third-order valence-electron chi connectivity index (χ3n) is 1.37. The van der Waals surface area contributed by atoms with Crippen LogP contribution < -0.4 is 0 Å². The Bertz CT molecular complexity index is 61.4. The van der Waals surface area contributed by atoms with Crippen molar-refractivity contribution >= 4 is 0 Å². The molecule has 0 saturated carbocycles. The Morgan fingerprint density at radius 2 is 2.25 bits per heavy atom. The van der Waals surface area contributed by atoms with Crippen LogP contribution in [0.15, 0.2) is 0 Å². The average Bonchev–Trinajstić information content (AvgIpc) is 1.87. The minimum Gasteiger partial charge on any atom is -0.392 e. The number of likely N-dealkylation sites (tertiary alicyclic amines) is 1. The molecule has 0 aromatic heterocycles. The fourth-order valence-corrected chi connectivity index (χ4v) is 0.912. The molecule has 1 rings (SSSR count). The van der Waals surface area contributed by atoms with E-state index in [0.29, 0.717) is 0 Å². The van der Waals surface area contributed by atoms with Crippen LogP contribution in [-0.2, 0) is 18.6 Å². The summed E-state index contributed by atoms with van der Waals surface area (Å²) in [6.07, 6.45) is 0.904. The van der Waals surface area contributed by atoms with E-state index in [4.69, 9.17) is 5.11 Å². The van der Waals surface area contributed by atoms with E-state index in [1.54, 1.807) is 0 Å². The van der Waals surface area contributed by atoms with Gasteiger partial charge in [0.1, 0.15) is 0 Å². The Labute approximate surface area is 61.8 Å². The molecule has 1 aliphatic rings. The fraction of sp³-hybridized carbons (Fsp3) is 1.00. The Hall–Kier alpha value is 0.504. The molecule has 1 N–H and O–H groups in total. The second-order valence-electron chi connectivity index (χ2n) is 2.20. The third kappa shape index (κ3) is 2.18. The Kier molecular flexibility index (Phi) is 3.74. The standard InChI is InChI=1S/C5H11NO.V/c1-6-3-2-5(7)4-6;/h5,7H,2-4H2,1H3;. The van der Waals surface area contributed by atoms with Crippen molar-refractivity contribution in [2.45, 2.75) is 12.5 Å². The first-order valence-electron chi connectivity index (χ1n) is 2.65. The molecule has 1 atom stereocenters. The molecule has 1 unspecified atom stereocenters. The van der Waals surface area contributed by atoms with Gasteiger partial charge in [0.05, 0.1) is 6.10 Å². The van der Waals surface area contributed by atoms with Gasteiger partial charge < -0.3 is 10.0 Å². The number of likely N-dealkylation sites (N-methyl/N-ethyl adjacent to an activating group) is 1. The molecule has 0 aromatic rings. The van der Waals surface area contributed by atoms with Crippen molar-refractivity contribution in [2.24, 2.45) is 0 Å². The Morgan fingerprint density at radius 1 is 1.62 bits per heavy atom. The smallest absolute Gasteiger partial charge is 0.0679 e. The summed E-state index contributed by atoms with van der Waals surface area (Å²) in [5, 5.41) is 8.86. The van der Waals surface area contributed by atoms with Crippen LogP contribution in [0.5, 0.6) is 0 Å². The SMILES string of the molecule is CN1CCC(O)C1.[V]. The van der Waals surface area contributed by atoms with Crippen LogP contribution in [-0.4, -0.2) is 36.2 Å². The van der Waals surface area contributed by atoms with E-state index >= 15 is 0 Å². The summed E-state index contributed by atoms with van der Waals surface area (Å²) in [4.78, 5) is 2.13. The quantitative estimate of drug-likeness (QED) is 0.514. The zero-order valence-corrected chi connectivity index (χ0v) is 6.44. The second-order valence-corrected chi connectivity index (χ2v) is 2.20. The van der Waals surface area contributed by atoms with Crippen molar-refractivity contribution in [3.05, 3.63) is 0 Å². The molecule has 1 radical (unpaired) electrons. The van der Waals surface area contributed by atoms with Gasteiger partial charge in [-0.1, -0.05) is 0 Å². The molecule has 1 saturated heterocycles. The molecule has 3 heteroatoms. The van der Waals surface area contributed by atoms with Crippen molar-refractivity contribution < 1.29 is 23.7 Å². The predicted molar refractivity (Wildman–Crippen MR) is 28.1 cm³/mol. The molecule has 0 aliphatic carbocycles. The molecule has 1 fully saturated rings. The van der Waals surface area contributed by atoms with E-state index in [9.17, 15) is 0 Å². The summed E-state index contributed by atoms with van der Waals surface area (Å²) in [5.74, 6) is 0. The van der Waals surface area contributed by atoms with E-state index in [1.165, 1.54) is 0 Å². The number of hydrogen-bond donors (Lipinski definition) is 1. The maximum absolute atomic E-state index is 8.86. The number of β-amino-alcohol motifs (C(OH)–C–C–N with tert-alkyl or cyclic N) is 1. The molecular formula is C5H11NOV. The molecule has 8 heavy (non-hydrogen) atoms. The Morgan fingerprint density at radius 3 is 2.38 bits per heavy atom. The van der Waals surface area contributed by atoms with E-state index in [2.05, 4.69) is 4.90 Å². The summed E-state index contributed by atoms with van der Waals surface area (Å²) >= 11 is 0. The van der Waals surface area contributed by atoms with Gasteiger partial charge in [-0.3, -0.25) is 0 Å². The first-order chi connectivity index (χ1) is 3.29. The maximum Gasteiger partial charge on any atom is 0.0679 e. The first kappa shape index (κ1) is 8.50. The van der Waals surface area contributed by atoms with E-state index in [0.717, 1.165) is 19.5 Å². The number of nitrogens with zero attached hydrogens (tertiary/aromatic N) is 1. The van der Waals surface area contributed by atoms with Gasteiger partial charge in [-0.05, 0) is 13.5 Å². The fourth-order valence-electron chi connectivity index (χ4n) is 0.912. The molecular weight excluding hydrogens is 141 g/mol. The van der Waals surface area contributed by atoms with Gasteiger partial charge in [-0.15, -0.1) is 0 Å². The minimum absolute atomic E-state index is 0. The second kappa shape index (κ2) is 3.51. The van der Waals surface area contributed by atoms with Gasteiger partial charge in [0.15, 0.2) is 0 Å². The largest absolute Gasteiger partial charge is 0.392 e. The van der Waals surface area contributed by atoms with Crippen LogP contribution in [0.4, 0.5) is 0 Å². The molecule has 47 valence electrons. The van der Waals surface area contributed by atoms with Gasteiger partial charge in [0.25, 0.3) is 0 Å². The van der Waals surface area contributed by atoms with Crippen molar-refractivity contribution in [2.75, 3.05) is 20.1 Å². The van der Waals surface area contributed by atoms with Crippen LogP contribution in [0.2, 0.25) is 0 Å². The molecule has 0 aromatic carbocycles. The Balaban J connectivity index is 0.000000490. The van der Waals surface area contributed by atoms with Gasteiger partial charge in [-0.2, -0.15) is 0 Å². The van der Waals surface area contributed by atoms with Crippen molar-refractivity contribution in [3.8, 4) is 0 Å². The summed E-state index contributed by atoms with van der Waals surface area (Å²) in [6.45, 7) is 1.92. The maximum atomic E-state index is 8.86. The van der Waals surface area contributed by atoms with Crippen LogP contribution in [0.1, 0.15) is 6.42 Å². The predicted octanol–water partition coefficient (Wildman–Crippen LogP) is -0.320. The normalized spacial score (nSPS) is 30.0. The molecule has 0 amide bonds. The number of aliphatic hydroxyl groups excluding tert-OH is 1. The molecule has 0 spiro atoms. The topological polar surface area (TPSA) is 23.5 Å². The molecule has 1 heterocycles. The summed E-state index contributed by atoms with van der Waals surface area (Å²) in [6, 6.07) is 0. The van der Waals surface area contributed by atoms with Crippen LogP contribution in [0.25, 0.3) is 0 Å². The minimum atomic E-state index is -0.0509. The van der Waals surface area contributed by atoms with E-state index in [1.807, 2.05) is 7.05 Å². The summed E-state index contributed by atoms with van der Waals surface area (Å²) in [7, 11) is 2.02. The van der Waals surface area contributed by atoms with Gasteiger partial charge in [0.2, 0.25) is 0 Å². The van der Waals surface area contributed by atoms with Crippen molar-refractivity contribution in [3.63, 3.8) is 0 Å². The zero-order valence-electron chi connectivity index (χ0n) is 5.04. The van der Waals surface area contributed by atoms with E-state index in [-0.39, 0.29) is 24.7 Å². The van der Waals surface area contributed by atoms with Crippen molar-refractivity contribution in [1.82, 2.24) is 4.90 Å². The third-order valence-corrected chi connectivity index (χ3v) is 1.37. The molecule has 0 bridgehead atoms. The van der Waals surface area contributed by atoms with Gasteiger partial charge in [-0.25, -0.2) is 0 Å². The first-order valence-corrected chi connectivity index (χ1v) is 2.65. The van der Waals surface area contributed by atoms with Gasteiger partial charge in [0, 0.05) is 31.6 Å². The summed E-state index contributed by atoms with van der Waals surface area (Å²) in [5.41, 5.74) is 0. The van der Waals surface area contributed by atoms with Crippen LogP contribution in [0.3, 0.4) is 0 Å². The molecule has 2 nitrogen and oxygen atoms in total. The summed E-state index contributed by atoms with van der Waals surface area (Å²) < 4.78 is 0. The number of hydrogen-bond acceptors (Lipinski definition) is 2. The van der Waals surface area contributed by atoms with Gasteiger partial charge >= 0.3 is 0 Å². The van der Waals surface area contributed by atoms with Crippen LogP contribution in [0, 0.1) is 0 Å². The van der Waals surface area contributed by atoms with Crippen molar-refractivity contribution in [1.29, 1.82) is 0 Å².